The van der Waals surface area contributed by atoms with Crippen molar-refractivity contribution in [2.24, 2.45) is 0 Å². The highest BCUT2D eigenvalue weighted by molar-refractivity contribution is 4.94. The summed E-state index contributed by atoms with van der Waals surface area (Å²) < 4.78 is 35.7. The van der Waals surface area contributed by atoms with Crippen molar-refractivity contribution in [3.63, 3.8) is 0 Å². The van der Waals surface area contributed by atoms with Crippen molar-refractivity contribution in [3.8, 4) is 0 Å². The van der Waals surface area contributed by atoms with Crippen LogP contribution in [0.25, 0.3) is 0 Å². The molecule has 0 spiro atoms. The average Bonchev–Trinajstić information content (AvgIpc) is 1.80. The minimum absolute atomic E-state index is 0.274. The Balaban J connectivity index is 3.93. The quantitative estimate of drug-likeness (QED) is 0.564. The van der Waals surface area contributed by atoms with Gasteiger partial charge in [-0.3, -0.25) is 0 Å². The Hall–Kier alpha value is -0.510. The van der Waals surface area contributed by atoms with Gasteiger partial charge in [-0.2, -0.15) is 0 Å². The van der Waals surface area contributed by atoms with Crippen LogP contribution in [0.2, 0.25) is 0 Å². The maximum atomic E-state index is 12.2. The minimum Gasteiger partial charge on any atom is -0.328 e. The number of rotatable bonds is 3. The normalized spacial score (nSPS) is 14.3. The third-order valence-electron chi connectivity index (χ3n) is 1.04. The molecule has 0 fully saturated rings. The number of halogens is 3. The van der Waals surface area contributed by atoms with E-state index < -0.39 is 12.3 Å². The second kappa shape index (κ2) is 3.76. The van der Waals surface area contributed by atoms with Gasteiger partial charge in [-0.15, -0.1) is 0 Å². The van der Waals surface area contributed by atoms with E-state index in [4.69, 9.17) is 0 Å². The standard InChI is InChI=1S/C7H13F3N/c1-11(2,3)5-4-6(8)7(9)10/h4,7H,5H2,1-3H3/q+1/b6-4-. The van der Waals surface area contributed by atoms with Crippen LogP contribution < -0.4 is 0 Å². The van der Waals surface area contributed by atoms with Gasteiger partial charge in [0.2, 0.25) is 0 Å². The van der Waals surface area contributed by atoms with Crippen LogP contribution in [-0.2, 0) is 0 Å². The molecule has 0 aromatic carbocycles. The third-order valence-corrected chi connectivity index (χ3v) is 1.04. The molecule has 0 unspecified atom stereocenters. The van der Waals surface area contributed by atoms with E-state index in [-0.39, 0.29) is 6.54 Å². The summed E-state index contributed by atoms with van der Waals surface area (Å²) in [6.45, 7) is 0.274. The van der Waals surface area contributed by atoms with Crippen LogP contribution in [0.5, 0.6) is 0 Å². The first kappa shape index (κ1) is 10.5. The zero-order valence-corrected chi connectivity index (χ0v) is 6.94. The molecule has 0 heterocycles. The molecule has 66 valence electrons. The number of hydrogen-bond donors (Lipinski definition) is 0. The van der Waals surface area contributed by atoms with E-state index in [0.29, 0.717) is 4.48 Å². The van der Waals surface area contributed by atoms with Crippen LogP contribution in [0, 0.1) is 0 Å². The van der Waals surface area contributed by atoms with E-state index in [1.54, 1.807) is 21.1 Å². The largest absolute Gasteiger partial charge is 0.328 e. The van der Waals surface area contributed by atoms with E-state index in [1.807, 2.05) is 0 Å². The zero-order chi connectivity index (χ0) is 9.07. The van der Waals surface area contributed by atoms with E-state index in [1.165, 1.54) is 0 Å². The van der Waals surface area contributed by atoms with Gasteiger partial charge in [0.15, 0.2) is 5.83 Å². The van der Waals surface area contributed by atoms with Crippen LogP contribution in [0.15, 0.2) is 11.9 Å². The molecule has 4 heteroatoms. The molecule has 0 atom stereocenters. The van der Waals surface area contributed by atoms with Gasteiger partial charge < -0.3 is 4.48 Å². The van der Waals surface area contributed by atoms with Crippen LogP contribution in [0.4, 0.5) is 13.2 Å². The fourth-order valence-corrected chi connectivity index (χ4v) is 0.450. The molecule has 1 nitrogen and oxygen atoms in total. The van der Waals surface area contributed by atoms with Crippen molar-refractivity contribution in [2.45, 2.75) is 6.43 Å². The summed E-state index contributed by atoms with van der Waals surface area (Å²) in [4.78, 5) is 0. The van der Waals surface area contributed by atoms with Gasteiger partial charge in [0, 0.05) is 6.08 Å². The number of quaternary nitrogens is 1. The highest BCUT2D eigenvalue weighted by atomic mass is 19.3. The van der Waals surface area contributed by atoms with Crippen molar-refractivity contribution in [1.29, 1.82) is 0 Å². The number of allylic oxidation sites excluding steroid dienone is 1. The Morgan fingerprint density at radius 2 is 1.82 bits per heavy atom. The van der Waals surface area contributed by atoms with Crippen molar-refractivity contribution in [2.75, 3.05) is 27.7 Å². The van der Waals surface area contributed by atoms with Crippen molar-refractivity contribution in [3.05, 3.63) is 11.9 Å². The lowest BCUT2D eigenvalue weighted by atomic mass is 10.4. The summed E-state index contributed by atoms with van der Waals surface area (Å²) in [6.07, 6.45) is -2.05. The number of likely N-dealkylation sites (N-methyl/N-ethyl adjacent to an activating group) is 1. The lowest BCUT2D eigenvalue weighted by Gasteiger charge is -2.21. The summed E-state index contributed by atoms with van der Waals surface area (Å²) in [5.41, 5.74) is 0. The predicted octanol–water partition coefficient (Wildman–Crippen LogP) is 1.81. The molecule has 0 N–H and O–H groups in total. The summed E-state index contributed by atoms with van der Waals surface area (Å²) in [6, 6.07) is 0. The lowest BCUT2D eigenvalue weighted by Crippen LogP contribution is -2.34. The van der Waals surface area contributed by atoms with Crippen molar-refractivity contribution in [1.82, 2.24) is 0 Å². The van der Waals surface area contributed by atoms with Crippen LogP contribution >= 0.6 is 0 Å². The highest BCUT2D eigenvalue weighted by Gasteiger charge is 2.12. The van der Waals surface area contributed by atoms with Gasteiger partial charge in [-0.1, -0.05) is 0 Å². The fourth-order valence-electron chi connectivity index (χ4n) is 0.450. The maximum absolute atomic E-state index is 12.2. The summed E-state index contributed by atoms with van der Waals surface area (Å²) in [5, 5.41) is 0. The molecule has 0 amide bonds. The summed E-state index contributed by atoms with van der Waals surface area (Å²) in [7, 11) is 5.40. The Bertz CT molecular complexity index is 146. The average molecular weight is 168 g/mol. The van der Waals surface area contributed by atoms with Gasteiger partial charge >= 0.3 is 0 Å². The molecule has 11 heavy (non-hydrogen) atoms. The molecule has 0 aromatic rings. The molecule has 0 aliphatic carbocycles. The molecule has 0 aliphatic rings. The lowest BCUT2D eigenvalue weighted by molar-refractivity contribution is -0.864. The van der Waals surface area contributed by atoms with E-state index in [0.717, 1.165) is 6.08 Å². The fraction of sp³-hybridized carbons (Fsp3) is 0.714. The molecular formula is C7H13F3N+. The zero-order valence-electron chi connectivity index (χ0n) is 6.94. The Labute approximate surface area is 64.7 Å². The van der Waals surface area contributed by atoms with Gasteiger partial charge in [0.05, 0.1) is 27.7 Å². The van der Waals surface area contributed by atoms with Crippen LogP contribution in [0.1, 0.15) is 0 Å². The van der Waals surface area contributed by atoms with Gasteiger partial charge in [0.1, 0.15) is 0 Å². The Kier molecular flexibility index (Phi) is 3.58. The first-order chi connectivity index (χ1) is 4.83. The van der Waals surface area contributed by atoms with Crippen LogP contribution in [-0.4, -0.2) is 38.6 Å². The van der Waals surface area contributed by atoms with Gasteiger partial charge in [0.25, 0.3) is 6.43 Å². The number of nitrogens with zero attached hydrogens (tertiary/aromatic N) is 1. The van der Waals surface area contributed by atoms with E-state index >= 15 is 0 Å². The minimum atomic E-state index is -2.97. The molecular weight excluding hydrogens is 155 g/mol. The molecule has 0 bridgehead atoms. The highest BCUT2D eigenvalue weighted by Crippen LogP contribution is 2.09. The second-order valence-corrected chi connectivity index (χ2v) is 3.36. The molecule has 0 saturated heterocycles. The van der Waals surface area contributed by atoms with Gasteiger partial charge in [-0.25, -0.2) is 13.2 Å². The predicted molar refractivity (Wildman–Crippen MR) is 38.1 cm³/mol. The van der Waals surface area contributed by atoms with Gasteiger partial charge in [-0.05, 0) is 0 Å². The monoisotopic (exact) mass is 168 g/mol. The summed E-state index contributed by atoms with van der Waals surface area (Å²) >= 11 is 0. The molecule has 0 aliphatic heterocycles. The first-order valence-corrected chi connectivity index (χ1v) is 3.27. The second-order valence-electron chi connectivity index (χ2n) is 3.36. The first-order valence-electron chi connectivity index (χ1n) is 3.27. The topological polar surface area (TPSA) is 0 Å². The molecule has 0 rings (SSSR count). The SMILES string of the molecule is C[N+](C)(C)C/C=C(\F)C(F)F. The maximum Gasteiger partial charge on any atom is 0.289 e. The van der Waals surface area contributed by atoms with E-state index in [2.05, 4.69) is 0 Å². The van der Waals surface area contributed by atoms with E-state index in [9.17, 15) is 13.2 Å². The van der Waals surface area contributed by atoms with Crippen molar-refractivity contribution >= 4 is 0 Å². The molecule has 0 saturated carbocycles. The summed E-state index contributed by atoms with van der Waals surface area (Å²) in [5.74, 6) is -1.34. The smallest absolute Gasteiger partial charge is 0.289 e. The van der Waals surface area contributed by atoms with Crippen molar-refractivity contribution < 1.29 is 17.7 Å². The number of hydrogen-bond acceptors (Lipinski definition) is 0. The Morgan fingerprint density at radius 1 is 1.36 bits per heavy atom. The number of alkyl halides is 2. The van der Waals surface area contributed by atoms with Crippen LogP contribution in [0.3, 0.4) is 0 Å². The molecule has 0 radical (unpaired) electrons. The molecule has 0 aromatic heterocycles. The third kappa shape index (κ3) is 5.91. The Morgan fingerprint density at radius 3 is 2.09 bits per heavy atom.